The lowest BCUT2D eigenvalue weighted by Gasteiger charge is -2.27. The molecule has 1 aromatic rings. The number of aryl methyl sites for hydroxylation is 1. The molecule has 0 radical (unpaired) electrons. The lowest BCUT2D eigenvalue weighted by atomic mass is 10.4. The first kappa shape index (κ1) is 12.9. The molecular weight excluding hydrogens is 254 g/mol. The molecule has 0 unspecified atom stereocenters. The monoisotopic (exact) mass is 269 g/mol. The van der Waals surface area contributed by atoms with Gasteiger partial charge in [0.25, 0.3) is 5.91 Å². The fraction of sp³-hybridized carbons (Fsp3) is 0.500. The van der Waals surface area contributed by atoms with Crippen molar-refractivity contribution in [3.8, 4) is 0 Å². The molecule has 1 fully saturated rings. The second kappa shape index (κ2) is 5.89. The molecule has 8 heteroatoms. The Balaban J connectivity index is 1.81. The molecular formula is C10H15N5O2S. The molecule has 1 saturated heterocycles. The predicted molar refractivity (Wildman–Crippen MR) is 68.8 cm³/mol. The molecule has 1 aromatic heterocycles. The average molecular weight is 269 g/mol. The van der Waals surface area contributed by atoms with Gasteiger partial charge in [-0.15, -0.1) is 0 Å². The molecule has 1 amide bonds. The number of hydrazine groups is 1. The molecule has 0 aromatic carbocycles. The van der Waals surface area contributed by atoms with Crippen LogP contribution in [-0.2, 0) is 11.8 Å². The number of amides is 1. The quantitative estimate of drug-likeness (QED) is 0.690. The fourth-order valence-corrected chi connectivity index (χ4v) is 1.77. The van der Waals surface area contributed by atoms with Gasteiger partial charge in [-0.3, -0.25) is 20.2 Å². The minimum Gasteiger partial charge on any atom is -0.379 e. The molecule has 0 aliphatic carbocycles. The van der Waals surface area contributed by atoms with E-state index in [9.17, 15) is 4.79 Å². The topological polar surface area (TPSA) is 71.4 Å². The Labute approximate surface area is 110 Å². The van der Waals surface area contributed by atoms with Crippen LogP contribution in [-0.4, -0.2) is 52.1 Å². The lowest BCUT2D eigenvalue weighted by molar-refractivity contribution is 0.0247. The molecule has 0 spiro atoms. The van der Waals surface area contributed by atoms with E-state index in [2.05, 4.69) is 15.8 Å². The third kappa shape index (κ3) is 3.49. The van der Waals surface area contributed by atoms with Gasteiger partial charge in [0.2, 0.25) is 0 Å². The smallest absolute Gasteiger partial charge is 0.277 e. The maximum atomic E-state index is 11.8. The van der Waals surface area contributed by atoms with Crippen LogP contribution in [0.5, 0.6) is 0 Å². The molecule has 18 heavy (non-hydrogen) atoms. The van der Waals surface area contributed by atoms with Crippen molar-refractivity contribution >= 4 is 23.2 Å². The third-order valence-electron chi connectivity index (χ3n) is 2.44. The molecule has 98 valence electrons. The van der Waals surface area contributed by atoms with E-state index >= 15 is 0 Å². The number of carbonyl (C=O) groups excluding carboxylic acids is 1. The highest BCUT2D eigenvalue weighted by Gasteiger charge is 2.14. The number of hydrogen-bond acceptors (Lipinski definition) is 5. The summed E-state index contributed by atoms with van der Waals surface area (Å²) in [7, 11) is 1.75. The second-order valence-corrected chi connectivity index (χ2v) is 4.28. The van der Waals surface area contributed by atoms with E-state index in [1.807, 2.05) is 5.01 Å². The first-order valence-corrected chi connectivity index (χ1v) is 6.00. The van der Waals surface area contributed by atoms with E-state index in [1.165, 1.54) is 0 Å². The van der Waals surface area contributed by atoms with Gasteiger partial charge in [0.1, 0.15) is 0 Å². The Kier molecular flexibility index (Phi) is 4.24. The summed E-state index contributed by atoms with van der Waals surface area (Å²) in [5.74, 6) is -0.318. The number of nitrogens with zero attached hydrogens (tertiary/aromatic N) is 3. The number of aromatic nitrogens is 2. The van der Waals surface area contributed by atoms with Crippen LogP contribution >= 0.6 is 12.2 Å². The van der Waals surface area contributed by atoms with Gasteiger partial charge in [-0.1, -0.05) is 0 Å². The van der Waals surface area contributed by atoms with Crippen LogP contribution in [0.25, 0.3) is 0 Å². The number of rotatable bonds is 2. The van der Waals surface area contributed by atoms with Crippen molar-refractivity contribution in [1.82, 2.24) is 25.5 Å². The van der Waals surface area contributed by atoms with Gasteiger partial charge in [0.15, 0.2) is 10.8 Å². The van der Waals surface area contributed by atoms with E-state index in [-0.39, 0.29) is 11.0 Å². The van der Waals surface area contributed by atoms with Crippen molar-refractivity contribution in [3.05, 3.63) is 18.0 Å². The summed E-state index contributed by atoms with van der Waals surface area (Å²) in [4.78, 5) is 11.8. The van der Waals surface area contributed by atoms with Gasteiger partial charge >= 0.3 is 0 Å². The molecule has 2 N–H and O–H groups in total. The van der Waals surface area contributed by atoms with E-state index < -0.39 is 0 Å². The van der Waals surface area contributed by atoms with Crippen LogP contribution in [0, 0.1) is 0 Å². The minimum atomic E-state index is -0.318. The summed E-state index contributed by atoms with van der Waals surface area (Å²) in [6, 6.07) is 1.63. The highest BCUT2D eigenvalue weighted by molar-refractivity contribution is 7.80. The van der Waals surface area contributed by atoms with Crippen molar-refractivity contribution in [2.75, 3.05) is 26.3 Å². The highest BCUT2D eigenvalue weighted by atomic mass is 32.1. The molecule has 2 rings (SSSR count). The Morgan fingerprint density at radius 3 is 2.83 bits per heavy atom. The Morgan fingerprint density at radius 1 is 1.50 bits per heavy atom. The summed E-state index contributed by atoms with van der Waals surface area (Å²) in [6.45, 7) is 2.78. The Morgan fingerprint density at radius 2 is 2.22 bits per heavy atom. The van der Waals surface area contributed by atoms with Gasteiger partial charge in [-0.25, -0.2) is 5.01 Å². The number of carbonyl (C=O) groups is 1. The van der Waals surface area contributed by atoms with Crippen molar-refractivity contribution in [1.29, 1.82) is 0 Å². The zero-order valence-electron chi connectivity index (χ0n) is 10.0. The number of morpholine rings is 1. The molecule has 0 bridgehead atoms. The molecule has 0 atom stereocenters. The van der Waals surface area contributed by atoms with E-state index in [1.54, 1.807) is 24.0 Å². The van der Waals surface area contributed by atoms with Crippen LogP contribution in [0.2, 0.25) is 0 Å². The van der Waals surface area contributed by atoms with Crippen LogP contribution in [0.1, 0.15) is 10.5 Å². The maximum absolute atomic E-state index is 11.8. The van der Waals surface area contributed by atoms with Gasteiger partial charge < -0.3 is 4.74 Å². The normalized spacial score (nSPS) is 16.3. The summed E-state index contributed by atoms with van der Waals surface area (Å²) in [5.41, 5.74) is 3.28. The van der Waals surface area contributed by atoms with Crippen molar-refractivity contribution in [2.45, 2.75) is 0 Å². The zero-order chi connectivity index (χ0) is 13.0. The summed E-state index contributed by atoms with van der Waals surface area (Å²) < 4.78 is 6.77. The Hall–Kier alpha value is -1.51. The zero-order valence-corrected chi connectivity index (χ0v) is 10.9. The maximum Gasteiger partial charge on any atom is 0.277 e. The lowest BCUT2D eigenvalue weighted by Crippen LogP contribution is -2.52. The minimum absolute atomic E-state index is 0.271. The number of hydrogen-bond donors (Lipinski definition) is 2. The summed E-state index contributed by atoms with van der Waals surface area (Å²) in [5, 5.41) is 8.75. The van der Waals surface area contributed by atoms with Crippen LogP contribution in [0.15, 0.2) is 12.3 Å². The highest BCUT2D eigenvalue weighted by Crippen LogP contribution is 1.95. The average Bonchev–Trinajstić information content (AvgIpc) is 2.77. The second-order valence-electron chi connectivity index (χ2n) is 3.87. The van der Waals surface area contributed by atoms with E-state index in [0.717, 1.165) is 13.1 Å². The van der Waals surface area contributed by atoms with Crippen LogP contribution < -0.4 is 10.7 Å². The van der Waals surface area contributed by atoms with E-state index in [4.69, 9.17) is 17.0 Å². The number of ether oxygens (including phenoxy) is 1. The molecule has 7 nitrogen and oxygen atoms in total. The predicted octanol–water partition coefficient (Wildman–Crippen LogP) is -0.728. The number of thiocarbonyl (C=S) groups is 1. The largest absolute Gasteiger partial charge is 0.379 e. The first-order valence-electron chi connectivity index (χ1n) is 5.59. The molecule has 1 aliphatic heterocycles. The summed E-state index contributed by atoms with van der Waals surface area (Å²) >= 11 is 5.06. The number of nitrogens with one attached hydrogen (secondary N) is 2. The molecule has 0 saturated carbocycles. The van der Waals surface area contributed by atoms with Crippen LogP contribution in [0.3, 0.4) is 0 Å². The third-order valence-corrected chi connectivity index (χ3v) is 2.64. The van der Waals surface area contributed by atoms with Crippen molar-refractivity contribution in [2.24, 2.45) is 7.05 Å². The molecule has 1 aliphatic rings. The fourth-order valence-electron chi connectivity index (χ4n) is 1.55. The first-order chi connectivity index (χ1) is 8.65. The van der Waals surface area contributed by atoms with Gasteiger partial charge in [-0.2, -0.15) is 5.10 Å². The van der Waals surface area contributed by atoms with Crippen molar-refractivity contribution in [3.63, 3.8) is 0 Å². The van der Waals surface area contributed by atoms with E-state index in [0.29, 0.717) is 18.9 Å². The summed E-state index contributed by atoms with van der Waals surface area (Å²) in [6.07, 6.45) is 1.70. The van der Waals surface area contributed by atoms with Crippen molar-refractivity contribution < 1.29 is 9.53 Å². The van der Waals surface area contributed by atoms with Gasteiger partial charge in [0, 0.05) is 26.3 Å². The Bertz CT molecular complexity index is 441. The molecule has 2 heterocycles. The van der Waals surface area contributed by atoms with Gasteiger partial charge in [-0.05, 0) is 18.3 Å². The standard InChI is InChI=1S/C10H15N5O2S/c1-14-3-2-8(12-14)9(16)11-10(18)13-15-4-6-17-7-5-15/h2-3H,4-7H2,1H3,(H2,11,13,16,18). The SMILES string of the molecule is Cn1ccc(C(=O)NC(=S)NN2CCOCC2)n1. The van der Waals surface area contributed by atoms with Crippen LogP contribution in [0.4, 0.5) is 0 Å². The van der Waals surface area contributed by atoms with Gasteiger partial charge in [0.05, 0.1) is 13.2 Å².